The van der Waals surface area contributed by atoms with E-state index in [1.165, 1.54) is 12.4 Å². The van der Waals surface area contributed by atoms with Crippen LogP contribution in [0.5, 0.6) is 5.75 Å². The highest BCUT2D eigenvalue weighted by Crippen LogP contribution is 2.35. The summed E-state index contributed by atoms with van der Waals surface area (Å²) in [5.74, 6) is 0.818. The Balaban J connectivity index is 1.68. The molecule has 1 fully saturated rings. The van der Waals surface area contributed by atoms with E-state index in [1.807, 2.05) is 19.0 Å². The van der Waals surface area contributed by atoms with Crippen molar-refractivity contribution in [3.05, 3.63) is 58.9 Å². The number of nitrogens with zero attached hydrogens (tertiary/aromatic N) is 3. The normalized spacial score (nSPS) is 15.9. The lowest BCUT2D eigenvalue weighted by Gasteiger charge is -2.17. The van der Waals surface area contributed by atoms with Crippen LogP contribution in [0.4, 0.5) is 17.2 Å². The number of hydrogen-bond donors (Lipinski definition) is 2. The number of halogens is 2. The number of fused-ring (bicyclic) bond motifs is 1. The van der Waals surface area contributed by atoms with E-state index in [0.29, 0.717) is 58.0 Å². The summed E-state index contributed by atoms with van der Waals surface area (Å²) in [7, 11) is 3.87. The monoisotopic (exact) mass is 501 g/mol. The Morgan fingerprint density at radius 3 is 2.82 bits per heavy atom. The van der Waals surface area contributed by atoms with E-state index in [1.54, 1.807) is 36.4 Å². The van der Waals surface area contributed by atoms with E-state index in [4.69, 9.17) is 32.7 Å². The largest absolute Gasteiger partial charge is 0.486 e. The summed E-state index contributed by atoms with van der Waals surface area (Å²) in [5, 5.41) is 7.77. The van der Waals surface area contributed by atoms with Gasteiger partial charge in [0.05, 0.1) is 34.5 Å². The SMILES string of the molecule is CN(C)CC=CC(=O)Nc1cc2c(Nc3ccc(Cl)c(Cl)c3)ncnc2cc1OC1CCOC1. The number of carbonyl (C=O) groups excluding carboxylic acids is 1. The molecule has 178 valence electrons. The number of ether oxygens (including phenoxy) is 2. The molecule has 1 atom stereocenters. The second kappa shape index (κ2) is 11.0. The second-order valence-electron chi connectivity index (χ2n) is 8.10. The van der Waals surface area contributed by atoms with Crippen LogP contribution in [0.3, 0.4) is 0 Å². The number of anilines is 3. The molecule has 2 N–H and O–H groups in total. The van der Waals surface area contributed by atoms with Crippen molar-refractivity contribution < 1.29 is 14.3 Å². The Morgan fingerprint density at radius 2 is 2.09 bits per heavy atom. The molecular formula is C24H25Cl2N5O3. The number of aromatic nitrogens is 2. The molecule has 0 bridgehead atoms. The topological polar surface area (TPSA) is 88.6 Å². The fraction of sp³-hybridized carbons (Fsp3) is 0.292. The molecule has 8 nitrogen and oxygen atoms in total. The number of carbonyl (C=O) groups is 1. The molecule has 1 aliphatic rings. The first-order valence-corrected chi connectivity index (χ1v) is 11.5. The highest BCUT2D eigenvalue weighted by molar-refractivity contribution is 6.42. The van der Waals surface area contributed by atoms with Crippen molar-refractivity contribution in [3.63, 3.8) is 0 Å². The van der Waals surface area contributed by atoms with Gasteiger partial charge in [0.15, 0.2) is 0 Å². The third-order valence-corrected chi connectivity index (χ3v) is 5.84. The summed E-state index contributed by atoms with van der Waals surface area (Å²) >= 11 is 12.2. The maximum atomic E-state index is 12.6. The van der Waals surface area contributed by atoms with E-state index < -0.39 is 0 Å². The van der Waals surface area contributed by atoms with Gasteiger partial charge in [-0.2, -0.15) is 0 Å². The molecule has 1 unspecified atom stereocenters. The zero-order chi connectivity index (χ0) is 24.1. The molecule has 1 saturated heterocycles. The van der Waals surface area contributed by atoms with Gasteiger partial charge in [-0.15, -0.1) is 0 Å². The first-order valence-electron chi connectivity index (χ1n) is 10.8. The molecule has 0 radical (unpaired) electrons. The van der Waals surface area contributed by atoms with Crippen LogP contribution in [-0.4, -0.2) is 60.7 Å². The van der Waals surface area contributed by atoms with E-state index in [2.05, 4.69) is 20.6 Å². The summed E-state index contributed by atoms with van der Waals surface area (Å²) < 4.78 is 11.6. The summed E-state index contributed by atoms with van der Waals surface area (Å²) in [4.78, 5) is 23.3. The van der Waals surface area contributed by atoms with Gasteiger partial charge in [-0.3, -0.25) is 4.79 Å². The van der Waals surface area contributed by atoms with Crippen LogP contribution in [-0.2, 0) is 9.53 Å². The lowest BCUT2D eigenvalue weighted by molar-refractivity contribution is -0.111. The molecule has 34 heavy (non-hydrogen) atoms. The minimum absolute atomic E-state index is 0.0898. The van der Waals surface area contributed by atoms with Crippen LogP contribution in [0.2, 0.25) is 10.0 Å². The third kappa shape index (κ3) is 6.15. The molecule has 1 aliphatic heterocycles. The van der Waals surface area contributed by atoms with Gasteiger partial charge < -0.3 is 25.0 Å². The Kier molecular flexibility index (Phi) is 7.84. The van der Waals surface area contributed by atoms with Gasteiger partial charge in [-0.1, -0.05) is 29.3 Å². The van der Waals surface area contributed by atoms with E-state index in [-0.39, 0.29) is 12.0 Å². The van der Waals surface area contributed by atoms with Crippen molar-refractivity contribution in [1.82, 2.24) is 14.9 Å². The maximum Gasteiger partial charge on any atom is 0.248 e. The zero-order valence-corrected chi connectivity index (χ0v) is 20.4. The number of rotatable bonds is 8. The van der Waals surface area contributed by atoms with Gasteiger partial charge in [-0.05, 0) is 38.4 Å². The molecule has 2 heterocycles. The Bertz CT molecular complexity index is 1210. The van der Waals surface area contributed by atoms with Gasteiger partial charge in [0, 0.05) is 36.2 Å². The van der Waals surface area contributed by atoms with Crippen LogP contribution < -0.4 is 15.4 Å². The second-order valence-corrected chi connectivity index (χ2v) is 8.91. The predicted molar refractivity (Wildman–Crippen MR) is 135 cm³/mol. The standard InChI is InChI=1S/C24H25Cl2N5O3/c1-31(2)8-3-4-23(32)30-21-11-17-20(12-22(21)34-16-7-9-33-13-16)27-14-28-24(17)29-15-5-6-18(25)19(26)10-15/h3-6,10-12,14,16H,7-9,13H2,1-2H3,(H,30,32)(H,27,28,29). The van der Waals surface area contributed by atoms with E-state index in [0.717, 1.165) is 12.1 Å². The number of amides is 1. The van der Waals surface area contributed by atoms with Gasteiger partial charge in [-0.25, -0.2) is 9.97 Å². The summed E-state index contributed by atoms with van der Waals surface area (Å²) in [6.07, 6.45) is 5.45. The molecule has 3 aromatic rings. The molecule has 0 aliphatic carbocycles. The highest BCUT2D eigenvalue weighted by atomic mass is 35.5. The van der Waals surface area contributed by atoms with Crippen LogP contribution in [0, 0.1) is 0 Å². The Morgan fingerprint density at radius 1 is 1.24 bits per heavy atom. The number of benzene rings is 2. The maximum absolute atomic E-state index is 12.6. The molecule has 1 aromatic heterocycles. The van der Waals surface area contributed by atoms with Crippen LogP contribution in [0.1, 0.15) is 6.42 Å². The smallest absolute Gasteiger partial charge is 0.248 e. The molecule has 1 amide bonds. The van der Waals surface area contributed by atoms with E-state index in [9.17, 15) is 4.79 Å². The quantitative estimate of drug-likeness (QED) is 0.424. The summed E-state index contributed by atoms with van der Waals surface area (Å²) in [6.45, 7) is 1.80. The van der Waals surface area contributed by atoms with Crippen molar-refractivity contribution in [2.45, 2.75) is 12.5 Å². The minimum atomic E-state index is -0.260. The predicted octanol–water partition coefficient (Wildman–Crippen LogP) is 4.90. The summed E-state index contributed by atoms with van der Waals surface area (Å²) in [6, 6.07) is 8.83. The third-order valence-electron chi connectivity index (χ3n) is 5.10. The Hall–Kier alpha value is -2.91. The molecule has 10 heteroatoms. The fourth-order valence-electron chi connectivity index (χ4n) is 3.42. The lowest BCUT2D eigenvalue weighted by atomic mass is 10.1. The van der Waals surface area contributed by atoms with Crippen LogP contribution in [0.15, 0.2) is 48.8 Å². The van der Waals surface area contributed by atoms with Crippen LogP contribution in [0.25, 0.3) is 10.9 Å². The number of likely N-dealkylation sites (N-methyl/N-ethyl adjacent to an activating group) is 1. The average molecular weight is 502 g/mol. The molecule has 0 saturated carbocycles. The lowest BCUT2D eigenvalue weighted by Crippen LogP contribution is -2.18. The molecule has 0 spiro atoms. The first-order chi connectivity index (χ1) is 16.4. The molecule has 2 aromatic carbocycles. The Labute approximate surface area is 207 Å². The van der Waals surface area contributed by atoms with Crippen molar-refractivity contribution in [2.75, 3.05) is 44.5 Å². The average Bonchev–Trinajstić information content (AvgIpc) is 3.30. The van der Waals surface area contributed by atoms with Gasteiger partial charge >= 0.3 is 0 Å². The van der Waals surface area contributed by atoms with Gasteiger partial charge in [0.2, 0.25) is 5.91 Å². The zero-order valence-electron chi connectivity index (χ0n) is 18.8. The molecular weight excluding hydrogens is 477 g/mol. The number of hydrogen-bond acceptors (Lipinski definition) is 7. The van der Waals surface area contributed by atoms with Crippen molar-refractivity contribution in [2.24, 2.45) is 0 Å². The fourth-order valence-corrected chi connectivity index (χ4v) is 3.72. The van der Waals surface area contributed by atoms with Gasteiger partial charge in [0.1, 0.15) is 24.0 Å². The van der Waals surface area contributed by atoms with Crippen LogP contribution >= 0.6 is 23.2 Å². The minimum Gasteiger partial charge on any atom is -0.486 e. The number of nitrogens with one attached hydrogen (secondary N) is 2. The summed E-state index contributed by atoms with van der Waals surface area (Å²) in [5.41, 5.74) is 1.90. The van der Waals surface area contributed by atoms with Crippen molar-refractivity contribution in [3.8, 4) is 5.75 Å². The molecule has 4 rings (SSSR count). The van der Waals surface area contributed by atoms with Gasteiger partial charge in [0.25, 0.3) is 0 Å². The highest BCUT2D eigenvalue weighted by Gasteiger charge is 2.20. The van der Waals surface area contributed by atoms with E-state index >= 15 is 0 Å². The first kappa shape index (κ1) is 24.2. The van der Waals surface area contributed by atoms with Crippen molar-refractivity contribution in [1.29, 1.82) is 0 Å². The van der Waals surface area contributed by atoms with Crippen molar-refractivity contribution >= 4 is 57.2 Å².